The monoisotopic (exact) mass is 710 g/mol. The maximum absolute atomic E-state index is 4.49. The summed E-state index contributed by atoms with van der Waals surface area (Å²) in [5.74, 6) is 1.34. The molecule has 0 spiro atoms. The summed E-state index contributed by atoms with van der Waals surface area (Å²) < 4.78 is 0. The Bertz CT molecular complexity index is 1560. The van der Waals surface area contributed by atoms with Crippen molar-refractivity contribution in [3.63, 3.8) is 0 Å². The Balaban J connectivity index is 0.000000188. The van der Waals surface area contributed by atoms with Gasteiger partial charge in [0.1, 0.15) is 0 Å². The second kappa shape index (κ2) is 14.9. The average Bonchev–Trinajstić information content (AvgIpc) is 3.03. The van der Waals surface area contributed by atoms with Crippen LogP contribution in [0, 0.1) is 18.1 Å². The van der Waals surface area contributed by atoms with E-state index in [0.717, 1.165) is 34.6 Å². The van der Waals surface area contributed by atoms with E-state index < -0.39 is 0 Å². The van der Waals surface area contributed by atoms with Gasteiger partial charge in [-0.05, 0) is 46.4 Å². The van der Waals surface area contributed by atoms with Gasteiger partial charge in [0, 0.05) is 38.7 Å². The second-order valence-electron chi connectivity index (χ2n) is 9.94. The van der Waals surface area contributed by atoms with Crippen molar-refractivity contribution >= 4 is 0 Å². The van der Waals surface area contributed by atoms with Gasteiger partial charge in [-0.2, -0.15) is 0 Å². The smallest absolute Gasteiger partial charge is 0.0748 e. The van der Waals surface area contributed by atoms with Crippen LogP contribution in [0.25, 0.3) is 44.9 Å². The van der Waals surface area contributed by atoms with E-state index in [4.69, 9.17) is 0 Å². The molecule has 0 fully saturated rings. The van der Waals surface area contributed by atoms with E-state index in [-0.39, 0.29) is 20.1 Å². The number of aromatic nitrogens is 3. The summed E-state index contributed by atoms with van der Waals surface area (Å²) >= 11 is 0. The van der Waals surface area contributed by atoms with Crippen LogP contribution in [0.2, 0.25) is 0 Å². The van der Waals surface area contributed by atoms with Crippen LogP contribution in [0.3, 0.4) is 0 Å². The van der Waals surface area contributed by atoms with Gasteiger partial charge in [-0.15, -0.1) is 71.3 Å². The van der Waals surface area contributed by atoms with Crippen LogP contribution in [0.15, 0.2) is 134 Å². The molecule has 3 nitrogen and oxygen atoms in total. The number of benzene rings is 4. The number of hydrogen-bond acceptors (Lipinski definition) is 3. The first-order chi connectivity index (χ1) is 19.7. The number of hydrogen-bond donors (Lipinski definition) is 0. The Morgan fingerprint density at radius 2 is 1.20 bits per heavy atom. The summed E-state index contributed by atoms with van der Waals surface area (Å²) in [5, 5.41) is 0. The van der Waals surface area contributed by atoms with Crippen LogP contribution in [0.4, 0.5) is 0 Å². The predicted octanol–water partition coefficient (Wildman–Crippen LogP) is 9.02. The van der Waals surface area contributed by atoms with Gasteiger partial charge in [0.2, 0.25) is 0 Å². The molecule has 0 amide bonds. The summed E-state index contributed by atoms with van der Waals surface area (Å²) in [6.07, 6.45) is 6.70. The maximum atomic E-state index is 4.49. The molecule has 0 aliphatic carbocycles. The maximum Gasteiger partial charge on any atom is 0.0748 e. The average molecular weight is 710 g/mol. The van der Waals surface area contributed by atoms with Gasteiger partial charge in [0.15, 0.2) is 0 Å². The molecule has 0 aliphatic heterocycles. The zero-order valence-corrected chi connectivity index (χ0v) is 25.6. The molecular weight excluding hydrogens is 679 g/mol. The molecule has 0 aliphatic rings. The normalized spacial score (nSPS) is 10.3. The van der Waals surface area contributed by atoms with Gasteiger partial charge < -0.3 is 4.98 Å². The molecular formula is C37H31IrN3-2. The number of nitrogens with zero attached hydrogens (tertiary/aromatic N) is 3. The molecule has 0 N–H and O–H groups in total. The van der Waals surface area contributed by atoms with Crippen molar-refractivity contribution < 1.29 is 20.1 Å². The molecule has 0 saturated heterocycles. The van der Waals surface area contributed by atoms with E-state index in [1.807, 2.05) is 91.4 Å². The standard InChI is InChI=1S/C20H19N2.C17H12N.Ir/c1-15(2)11-16-13-21-20(22-14-16)19-10-6-9-18(12-19)17-7-4-3-5-8-17;1-3-7-14(8-4-1)16-11-12-18-17(13-16)15-9-5-2-6-10-15;/h3-9,12-15H,11H2,1-2H3;1-9,11-13H;/q2*-1;. The quantitative estimate of drug-likeness (QED) is 0.162. The third kappa shape index (κ3) is 8.37. The van der Waals surface area contributed by atoms with E-state index in [2.05, 4.69) is 83.4 Å². The van der Waals surface area contributed by atoms with Gasteiger partial charge in [0.05, 0.1) is 5.82 Å². The second-order valence-corrected chi connectivity index (χ2v) is 9.94. The largest absolute Gasteiger partial charge is 0.305 e. The van der Waals surface area contributed by atoms with E-state index in [1.165, 1.54) is 22.3 Å². The van der Waals surface area contributed by atoms with Gasteiger partial charge in [-0.1, -0.05) is 80.6 Å². The van der Waals surface area contributed by atoms with Crippen molar-refractivity contribution in [1.82, 2.24) is 15.0 Å². The molecule has 0 bridgehead atoms. The Morgan fingerprint density at radius 3 is 1.80 bits per heavy atom. The molecule has 2 aromatic heterocycles. The molecule has 0 atom stereocenters. The van der Waals surface area contributed by atoms with Crippen LogP contribution < -0.4 is 0 Å². The van der Waals surface area contributed by atoms with Crippen LogP contribution >= 0.6 is 0 Å². The Hall–Kier alpha value is -4.24. The van der Waals surface area contributed by atoms with Crippen LogP contribution in [-0.2, 0) is 26.5 Å². The minimum Gasteiger partial charge on any atom is -0.305 e. The van der Waals surface area contributed by atoms with Gasteiger partial charge in [0.25, 0.3) is 0 Å². The SMILES string of the molecule is CC(C)Cc1cnc(-c2[c-]ccc(-c3ccccc3)c2)nc1.[Ir].[c-]1ccccc1-c1cc(-c2ccccc2)ccn1. The third-order valence-corrected chi connectivity index (χ3v) is 6.35. The fourth-order valence-electron chi connectivity index (χ4n) is 4.42. The van der Waals surface area contributed by atoms with E-state index in [0.29, 0.717) is 5.92 Å². The van der Waals surface area contributed by atoms with Gasteiger partial charge in [-0.25, -0.2) is 0 Å². The molecule has 1 radical (unpaired) electrons. The van der Waals surface area contributed by atoms with Gasteiger partial charge >= 0.3 is 0 Å². The number of pyridine rings is 1. The zero-order valence-electron chi connectivity index (χ0n) is 23.2. The first-order valence-electron chi connectivity index (χ1n) is 13.5. The van der Waals surface area contributed by atoms with Crippen molar-refractivity contribution in [2.45, 2.75) is 20.3 Å². The van der Waals surface area contributed by atoms with Crippen LogP contribution in [0.1, 0.15) is 19.4 Å². The van der Waals surface area contributed by atoms with Gasteiger partial charge in [-0.3, -0.25) is 9.97 Å². The zero-order chi connectivity index (χ0) is 27.6. The summed E-state index contributed by atoms with van der Waals surface area (Å²) in [6.45, 7) is 4.40. The Morgan fingerprint density at radius 1 is 0.585 bits per heavy atom. The predicted molar refractivity (Wildman–Crippen MR) is 164 cm³/mol. The van der Waals surface area contributed by atoms with Crippen molar-refractivity contribution in [2.24, 2.45) is 5.92 Å². The Kier molecular flexibility index (Phi) is 10.8. The van der Waals surface area contributed by atoms with Crippen molar-refractivity contribution in [2.75, 3.05) is 0 Å². The molecule has 6 aromatic rings. The molecule has 6 rings (SSSR count). The molecule has 41 heavy (non-hydrogen) atoms. The van der Waals surface area contributed by atoms with Crippen molar-refractivity contribution in [3.8, 4) is 44.9 Å². The van der Waals surface area contributed by atoms with Crippen molar-refractivity contribution in [1.29, 1.82) is 0 Å². The topological polar surface area (TPSA) is 38.7 Å². The first-order valence-corrected chi connectivity index (χ1v) is 13.5. The Labute approximate surface area is 256 Å². The van der Waals surface area contributed by atoms with E-state index >= 15 is 0 Å². The summed E-state index contributed by atoms with van der Waals surface area (Å²) in [7, 11) is 0. The fraction of sp³-hybridized carbons (Fsp3) is 0.108. The van der Waals surface area contributed by atoms with E-state index in [9.17, 15) is 0 Å². The van der Waals surface area contributed by atoms with Crippen LogP contribution in [0.5, 0.6) is 0 Å². The molecule has 0 saturated carbocycles. The fourth-order valence-corrected chi connectivity index (χ4v) is 4.42. The first kappa shape index (κ1) is 29.7. The van der Waals surface area contributed by atoms with Crippen LogP contribution in [-0.4, -0.2) is 15.0 Å². The third-order valence-electron chi connectivity index (χ3n) is 6.35. The summed E-state index contributed by atoms with van der Waals surface area (Å²) in [6, 6.07) is 45.2. The minimum atomic E-state index is 0. The molecule has 0 unspecified atom stereocenters. The summed E-state index contributed by atoms with van der Waals surface area (Å²) in [4.78, 5) is 13.4. The number of rotatable bonds is 6. The minimum absolute atomic E-state index is 0. The van der Waals surface area contributed by atoms with Crippen molar-refractivity contribution in [3.05, 3.63) is 152 Å². The summed E-state index contributed by atoms with van der Waals surface area (Å²) in [5.41, 5.74) is 8.82. The molecule has 2 heterocycles. The molecule has 4 heteroatoms. The molecule has 205 valence electrons. The van der Waals surface area contributed by atoms with E-state index in [1.54, 1.807) is 0 Å². The molecule has 4 aromatic carbocycles.